The number of thiazole rings is 1. The smallest absolute Gasteiger partial charge is 0.149 e. The van der Waals surface area contributed by atoms with E-state index in [0.717, 1.165) is 5.69 Å². The quantitative estimate of drug-likeness (QED) is 0.786. The fraction of sp³-hybridized carbons (Fsp3) is 0.0833. The highest BCUT2D eigenvalue weighted by molar-refractivity contribution is 7.07. The maximum atomic E-state index is 13.6. The van der Waals surface area contributed by atoms with Gasteiger partial charge in [-0.25, -0.2) is 19.3 Å². The van der Waals surface area contributed by atoms with Crippen molar-refractivity contribution in [2.24, 2.45) is 0 Å². The third-order valence-corrected chi connectivity index (χ3v) is 3.17. The highest BCUT2D eigenvalue weighted by atomic mass is 32.1. The van der Waals surface area contributed by atoms with E-state index in [4.69, 9.17) is 0 Å². The van der Waals surface area contributed by atoms with Crippen molar-refractivity contribution in [1.82, 2.24) is 15.0 Å². The minimum absolute atomic E-state index is 0.327. The maximum absolute atomic E-state index is 13.6. The van der Waals surface area contributed by atoms with Crippen LogP contribution in [-0.2, 0) is 6.54 Å². The number of hydrogen-bond acceptors (Lipinski definition) is 5. The third kappa shape index (κ3) is 2.02. The van der Waals surface area contributed by atoms with Gasteiger partial charge in [-0.05, 0) is 12.1 Å². The SMILES string of the molecule is Fc1cccc2c(NCc3cscn3)ncnc12. The van der Waals surface area contributed by atoms with Crippen LogP contribution in [0, 0.1) is 5.82 Å². The van der Waals surface area contributed by atoms with Gasteiger partial charge in [0, 0.05) is 10.8 Å². The van der Waals surface area contributed by atoms with Crippen LogP contribution in [0.3, 0.4) is 0 Å². The summed E-state index contributed by atoms with van der Waals surface area (Å²) in [5.74, 6) is 0.277. The standard InChI is InChI=1S/C12H9FN4S/c13-10-3-1-2-9-11(10)15-6-16-12(9)14-4-8-5-18-7-17-8/h1-3,5-7H,4H2,(H,14,15,16). The molecule has 0 radical (unpaired) electrons. The molecule has 2 aromatic heterocycles. The zero-order valence-electron chi connectivity index (χ0n) is 9.30. The number of anilines is 1. The Morgan fingerprint density at radius 1 is 1.22 bits per heavy atom. The lowest BCUT2D eigenvalue weighted by Crippen LogP contribution is -2.03. The monoisotopic (exact) mass is 260 g/mol. The van der Waals surface area contributed by atoms with Crippen molar-refractivity contribution in [3.63, 3.8) is 0 Å². The lowest BCUT2D eigenvalue weighted by atomic mass is 10.2. The number of fused-ring (bicyclic) bond motifs is 1. The molecule has 3 aromatic rings. The highest BCUT2D eigenvalue weighted by Gasteiger charge is 2.07. The summed E-state index contributed by atoms with van der Waals surface area (Å²) >= 11 is 1.54. The van der Waals surface area contributed by atoms with Crippen LogP contribution in [-0.4, -0.2) is 15.0 Å². The van der Waals surface area contributed by atoms with Gasteiger partial charge >= 0.3 is 0 Å². The van der Waals surface area contributed by atoms with Gasteiger partial charge in [0.15, 0.2) is 0 Å². The highest BCUT2D eigenvalue weighted by Crippen LogP contribution is 2.21. The van der Waals surface area contributed by atoms with Crippen LogP contribution < -0.4 is 5.32 Å². The van der Waals surface area contributed by atoms with Crippen LogP contribution in [0.15, 0.2) is 35.4 Å². The molecule has 1 aromatic carbocycles. The van der Waals surface area contributed by atoms with Gasteiger partial charge in [-0.2, -0.15) is 0 Å². The molecule has 0 saturated carbocycles. The summed E-state index contributed by atoms with van der Waals surface area (Å²) in [5, 5.41) is 5.77. The van der Waals surface area contributed by atoms with Crippen LogP contribution in [0.25, 0.3) is 10.9 Å². The van der Waals surface area contributed by atoms with E-state index in [1.54, 1.807) is 17.6 Å². The molecule has 4 nitrogen and oxygen atoms in total. The second kappa shape index (κ2) is 4.66. The van der Waals surface area contributed by atoms with E-state index in [-0.39, 0.29) is 5.82 Å². The number of nitrogens with one attached hydrogen (secondary N) is 1. The summed E-state index contributed by atoms with van der Waals surface area (Å²) in [6.07, 6.45) is 1.36. The van der Waals surface area contributed by atoms with Gasteiger partial charge in [0.1, 0.15) is 23.5 Å². The molecule has 0 unspecified atom stereocenters. The topological polar surface area (TPSA) is 50.7 Å². The number of benzene rings is 1. The molecule has 3 rings (SSSR count). The number of para-hydroxylation sites is 1. The zero-order chi connectivity index (χ0) is 12.4. The second-order valence-corrected chi connectivity index (χ2v) is 4.41. The molecule has 6 heteroatoms. The molecule has 0 spiro atoms. The van der Waals surface area contributed by atoms with Gasteiger partial charge in [0.25, 0.3) is 0 Å². The number of rotatable bonds is 3. The Morgan fingerprint density at radius 2 is 2.17 bits per heavy atom. The van der Waals surface area contributed by atoms with E-state index in [1.807, 2.05) is 5.38 Å². The maximum Gasteiger partial charge on any atom is 0.149 e. The van der Waals surface area contributed by atoms with Crippen LogP contribution in [0.1, 0.15) is 5.69 Å². The first kappa shape index (κ1) is 11.0. The molecule has 0 aliphatic carbocycles. The molecule has 0 bridgehead atoms. The van der Waals surface area contributed by atoms with E-state index in [0.29, 0.717) is 23.3 Å². The van der Waals surface area contributed by atoms with Crippen molar-refractivity contribution >= 4 is 28.1 Å². The van der Waals surface area contributed by atoms with Gasteiger partial charge in [-0.1, -0.05) is 6.07 Å². The minimum atomic E-state index is -0.341. The largest absolute Gasteiger partial charge is 0.364 e. The molecular formula is C12H9FN4S. The van der Waals surface area contributed by atoms with Crippen LogP contribution in [0.5, 0.6) is 0 Å². The van der Waals surface area contributed by atoms with Crippen molar-refractivity contribution in [3.05, 3.63) is 46.9 Å². The Hall–Kier alpha value is -2.08. The van der Waals surface area contributed by atoms with Gasteiger partial charge in [0.05, 0.1) is 17.7 Å². The number of nitrogens with zero attached hydrogens (tertiary/aromatic N) is 3. The van der Waals surface area contributed by atoms with Gasteiger partial charge in [-0.15, -0.1) is 11.3 Å². The second-order valence-electron chi connectivity index (χ2n) is 3.69. The minimum Gasteiger partial charge on any atom is -0.364 e. The summed E-state index contributed by atoms with van der Waals surface area (Å²) in [7, 11) is 0. The summed E-state index contributed by atoms with van der Waals surface area (Å²) in [4.78, 5) is 12.2. The predicted molar refractivity (Wildman–Crippen MR) is 68.9 cm³/mol. The lowest BCUT2D eigenvalue weighted by Gasteiger charge is -2.06. The van der Waals surface area contributed by atoms with E-state index >= 15 is 0 Å². The molecule has 0 amide bonds. The van der Waals surface area contributed by atoms with Crippen LogP contribution in [0.2, 0.25) is 0 Å². The molecule has 0 fully saturated rings. The van der Waals surface area contributed by atoms with Crippen molar-refractivity contribution in [2.75, 3.05) is 5.32 Å². The van der Waals surface area contributed by atoms with Crippen molar-refractivity contribution < 1.29 is 4.39 Å². The molecule has 0 atom stereocenters. The molecule has 90 valence electrons. The molecule has 1 N–H and O–H groups in total. The molecule has 2 heterocycles. The number of aromatic nitrogens is 3. The summed E-state index contributed by atoms with van der Waals surface area (Å²) in [5.41, 5.74) is 3.03. The molecule has 0 saturated heterocycles. The third-order valence-electron chi connectivity index (χ3n) is 2.54. The summed E-state index contributed by atoms with van der Waals surface area (Å²) in [6, 6.07) is 4.83. The molecular weight excluding hydrogens is 251 g/mol. The summed E-state index contributed by atoms with van der Waals surface area (Å²) < 4.78 is 13.6. The first-order valence-corrected chi connectivity index (χ1v) is 6.29. The Morgan fingerprint density at radius 3 is 3.00 bits per heavy atom. The molecule has 0 aliphatic rings. The van der Waals surface area contributed by atoms with Crippen LogP contribution in [0.4, 0.5) is 10.2 Å². The van der Waals surface area contributed by atoms with Gasteiger partial charge in [-0.3, -0.25) is 0 Å². The molecule has 0 aliphatic heterocycles. The Balaban J connectivity index is 1.94. The van der Waals surface area contributed by atoms with E-state index in [2.05, 4.69) is 20.3 Å². The number of halogens is 1. The first-order chi connectivity index (χ1) is 8.84. The molecule has 18 heavy (non-hydrogen) atoms. The van der Waals surface area contributed by atoms with E-state index < -0.39 is 0 Å². The lowest BCUT2D eigenvalue weighted by molar-refractivity contribution is 0.636. The Labute approximate surface area is 107 Å². The predicted octanol–water partition coefficient (Wildman–Crippen LogP) is 2.84. The zero-order valence-corrected chi connectivity index (χ0v) is 10.1. The van der Waals surface area contributed by atoms with Crippen molar-refractivity contribution in [1.29, 1.82) is 0 Å². The van der Waals surface area contributed by atoms with Crippen LogP contribution >= 0.6 is 11.3 Å². The van der Waals surface area contributed by atoms with E-state index in [9.17, 15) is 4.39 Å². The van der Waals surface area contributed by atoms with Gasteiger partial charge < -0.3 is 5.32 Å². The fourth-order valence-electron chi connectivity index (χ4n) is 1.69. The van der Waals surface area contributed by atoms with Gasteiger partial charge in [0.2, 0.25) is 0 Å². The van der Waals surface area contributed by atoms with Crippen molar-refractivity contribution in [3.8, 4) is 0 Å². The van der Waals surface area contributed by atoms with E-state index in [1.165, 1.54) is 23.7 Å². The Kier molecular flexibility index (Phi) is 2.85. The normalized spacial score (nSPS) is 10.7. The average Bonchev–Trinajstić information content (AvgIpc) is 2.90. The summed E-state index contributed by atoms with van der Waals surface area (Å²) in [6.45, 7) is 0.562. The fourth-order valence-corrected chi connectivity index (χ4v) is 2.25. The average molecular weight is 260 g/mol. The number of hydrogen-bond donors (Lipinski definition) is 1. The van der Waals surface area contributed by atoms with Crippen molar-refractivity contribution in [2.45, 2.75) is 6.54 Å². The Bertz CT molecular complexity index is 669. The first-order valence-electron chi connectivity index (χ1n) is 5.35.